The van der Waals surface area contributed by atoms with Crippen LogP contribution in [0.5, 0.6) is 5.75 Å². The van der Waals surface area contributed by atoms with Gasteiger partial charge in [-0.1, -0.05) is 36.4 Å². The van der Waals surface area contributed by atoms with Crippen molar-refractivity contribution in [3.8, 4) is 16.9 Å². The molecule has 9 nitrogen and oxygen atoms in total. The van der Waals surface area contributed by atoms with Gasteiger partial charge in [-0.2, -0.15) is 8.42 Å². The Morgan fingerprint density at radius 2 is 1.63 bits per heavy atom. The summed E-state index contributed by atoms with van der Waals surface area (Å²) in [5, 5.41) is 0. The molecule has 0 bridgehead atoms. The van der Waals surface area contributed by atoms with Gasteiger partial charge in [0, 0.05) is 30.6 Å². The Kier molecular flexibility index (Phi) is 7.16. The molecule has 1 atom stereocenters. The molecule has 0 radical (unpaired) electrons. The monoisotopic (exact) mass is 553 g/mol. The van der Waals surface area contributed by atoms with Crippen molar-refractivity contribution in [2.24, 2.45) is 10.7 Å². The maximum absolute atomic E-state index is 14.8. The van der Waals surface area contributed by atoms with Crippen molar-refractivity contribution in [1.82, 2.24) is 14.9 Å². The van der Waals surface area contributed by atoms with Crippen LogP contribution in [0.2, 0.25) is 0 Å². The van der Waals surface area contributed by atoms with Crippen molar-refractivity contribution in [3.05, 3.63) is 108 Å². The van der Waals surface area contributed by atoms with Crippen molar-refractivity contribution in [3.63, 3.8) is 0 Å². The van der Waals surface area contributed by atoms with Crippen LogP contribution in [-0.4, -0.2) is 42.2 Å². The number of carbonyl (C=O) groups is 1. The first kappa shape index (κ1) is 26.7. The molecular weight excluding hydrogens is 533 g/mol. The number of rotatable bonds is 6. The highest BCUT2D eigenvalue weighted by Crippen LogP contribution is 2.42. The Morgan fingerprint density at radius 3 is 2.29 bits per heavy atom. The lowest BCUT2D eigenvalue weighted by Crippen LogP contribution is -2.41. The van der Waals surface area contributed by atoms with Crippen LogP contribution in [0, 0.1) is 5.82 Å². The third kappa shape index (κ3) is 4.57. The molecule has 3 aromatic carbocycles. The zero-order chi connectivity index (χ0) is 26.2. The molecule has 0 aliphatic carbocycles. The van der Waals surface area contributed by atoms with E-state index in [9.17, 15) is 17.6 Å². The van der Waals surface area contributed by atoms with Crippen molar-refractivity contribution >= 4 is 34.4 Å². The van der Waals surface area contributed by atoms with E-state index in [-0.39, 0.29) is 40.1 Å². The molecule has 4 aromatic rings. The van der Waals surface area contributed by atoms with Gasteiger partial charge in [-0.05, 0) is 47.5 Å². The number of halogens is 2. The topological polar surface area (TPSA) is 128 Å². The molecule has 2 N–H and O–H groups in total. The van der Waals surface area contributed by atoms with Crippen LogP contribution in [-0.2, 0) is 20.5 Å². The molecule has 1 aromatic heterocycles. The molecule has 38 heavy (non-hydrogen) atoms. The molecule has 1 amide bonds. The van der Waals surface area contributed by atoms with Gasteiger partial charge in [0.25, 0.3) is 5.91 Å². The third-order valence-corrected chi connectivity index (χ3v) is 7.25. The minimum absolute atomic E-state index is 0. The van der Waals surface area contributed by atoms with Gasteiger partial charge >= 0.3 is 10.1 Å². The predicted molar refractivity (Wildman–Crippen MR) is 141 cm³/mol. The lowest BCUT2D eigenvalue weighted by molar-refractivity contribution is -0.129. The first-order chi connectivity index (χ1) is 17.7. The summed E-state index contributed by atoms with van der Waals surface area (Å²) in [5.41, 5.74) is 5.49. The lowest BCUT2D eigenvalue weighted by Gasteiger charge is -2.27. The number of carbonyl (C=O) groups excluding carboxylic acids is 1. The first-order valence-electron chi connectivity index (χ1n) is 11.0. The Bertz CT molecular complexity index is 1640. The van der Waals surface area contributed by atoms with Crippen LogP contribution in [0.3, 0.4) is 0 Å². The Hall–Kier alpha value is -4.35. The fourth-order valence-electron chi connectivity index (χ4n) is 4.13. The fourth-order valence-corrected chi connectivity index (χ4v) is 5.07. The van der Waals surface area contributed by atoms with E-state index in [2.05, 4.69) is 15.0 Å². The van der Waals surface area contributed by atoms with Gasteiger partial charge in [-0.25, -0.2) is 19.4 Å². The van der Waals surface area contributed by atoms with E-state index in [1.165, 1.54) is 73.1 Å². The summed E-state index contributed by atoms with van der Waals surface area (Å²) in [4.78, 5) is 27.2. The van der Waals surface area contributed by atoms with Crippen molar-refractivity contribution < 1.29 is 21.8 Å². The van der Waals surface area contributed by atoms with Gasteiger partial charge in [0.1, 0.15) is 22.8 Å². The van der Waals surface area contributed by atoms with Crippen LogP contribution in [0.4, 0.5) is 4.39 Å². The van der Waals surface area contributed by atoms with E-state index >= 15 is 0 Å². The normalized spacial score (nSPS) is 17.1. The fraction of sp³-hybridized carbons (Fsp3) is 0.0769. The summed E-state index contributed by atoms with van der Waals surface area (Å²) in [6, 6.07) is 17.8. The highest BCUT2D eigenvalue weighted by Gasteiger charge is 2.50. The number of amides is 1. The van der Waals surface area contributed by atoms with Gasteiger partial charge in [-0.3, -0.25) is 9.69 Å². The summed E-state index contributed by atoms with van der Waals surface area (Å²) in [6.07, 6.45) is 4.22. The van der Waals surface area contributed by atoms with Crippen LogP contribution in [0.1, 0.15) is 11.1 Å². The Morgan fingerprint density at radius 1 is 0.947 bits per heavy atom. The van der Waals surface area contributed by atoms with E-state index in [1.54, 1.807) is 30.3 Å². The van der Waals surface area contributed by atoms with Crippen LogP contribution in [0.15, 0.2) is 101 Å². The van der Waals surface area contributed by atoms with E-state index in [0.29, 0.717) is 11.1 Å². The second kappa shape index (κ2) is 10.2. The highest BCUT2D eigenvalue weighted by molar-refractivity contribution is 7.87. The molecule has 2 heterocycles. The van der Waals surface area contributed by atoms with Gasteiger partial charge in [0.15, 0.2) is 11.5 Å². The van der Waals surface area contributed by atoms with E-state index in [1.807, 2.05) is 0 Å². The molecule has 1 unspecified atom stereocenters. The van der Waals surface area contributed by atoms with Crippen LogP contribution < -0.4 is 9.92 Å². The van der Waals surface area contributed by atoms with Crippen molar-refractivity contribution in [2.75, 3.05) is 7.05 Å². The molecule has 0 saturated carbocycles. The average molecular weight is 554 g/mol. The van der Waals surface area contributed by atoms with Crippen LogP contribution in [0.25, 0.3) is 11.1 Å². The van der Waals surface area contributed by atoms with Gasteiger partial charge in [0.05, 0.1) is 0 Å². The van der Waals surface area contributed by atoms with Gasteiger partial charge in [-0.15, -0.1) is 12.4 Å². The molecule has 1 aliphatic heterocycles. The molecule has 5 rings (SSSR count). The summed E-state index contributed by atoms with van der Waals surface area (Å²) >= 11 is 0. The van der Waals surface area contributed by atoms with Gasteiger partial charge in [0.2, 0.25) is 0 Å². The summed E-state index contributed by atoms with van der Waals surface area (Å²) in [7, 11) is -2.67. The number of guanidine groups is 1. The molecule has 1 aliphatic rings. The van der Waals surface area contributed by atoms with E-state index in [4.69, 9.17) is 9.92 Å². The summed E-state index contributed by atoms with van der Waals surface area (Å²) < 4.78 is 45.8. The summed E-state index contributed by atoms with van der Waals surface area (Å²) in [5.74, 6) is -1.14. The molecule has 0 saturated heterocycles. The number of benzene rings is 3. The molecule has 0 spiro atoms. The van der Waals surface area contributed by atoms with E-state index in [0.717, 1.165) is 0 Å². The second-order valence-corrected chi connectivity index (χ2v) is 9.79. The minimum Gasteiger partial charge on any atom is -0.379 e. The number of nitrogens with zero attached hydrogens (tertiary/aromatic N) is 4. The standard InChI is InChI=1S/C26H20FN5O4S.ClH/c1-32-24(33)26(31-25(32)28,19-10-11-23(27)22(13-19)17-14-29-16-30-15-17)18-6-5-7-20(12-18)36-37(34,35)21-8-3-2-4-9-21;/h2-16H,1H3,(H2,28,31);1H. The SMILES string of the molecule is CN1C(=O)C(c2cccc(OS(=O)(=O)c3ccccc3)c2)(c2ccc(F)c(-c3cncnc3)c2)N=C1N.Cl. The molecule has 12 heteroatoms. The Labute approximate surface area is 224 Å². The number of aliphatic imine (C=N–C) groups is 1. The maximum Gasteiger partial charge on any atom is 0.339 e. The van der Waals surface area contributed by atoms with E-state index < -0.39 is 27.4 Å². The molecular formula is C26H21ClFN5O4S. The highest BCUT2D eigenvalue weighted by atomic mass is 35.5. The first-order valence-corrected chi connectivity index (χ1v) is 12.4. The minimum atomic E-state index is -4.14. The second-order valence-electron chi connectivity index (χ2n) is 8.24. The van der Waals surface area contributed by atoms with Gasteiger partial charge < -0.3 is 9.92 Å². The van der Waals surface area contributed by atoms with Crippen molar-refractivity contribution in [1.29, 1.82) is 0 Å². The number of likely N-dealkylation sites (N-methyl/N-ethyl adjacent to an activating group) is 1. The smallest absolute Gasteiger partial charge is 0.339 e. The summed E-state index contributed by atoms with van der Waals surface area (Å²) in [6.45, 7) is 0. The average Bonchev–Trinajstić information content (AvgIpc) is 3.14. The number of nitrogens with two attached hydrogens (primary N) is 1. The predicted octanol–water partition coefficient (Wildman–Crippen LogP) is 3.50. The third-order valence-electron chi connectivity index (χ3n) is 5.99. The van der Waals surface area contributed by atoms with Crippen LogP contribution >= 0.6 is 12.4 Å². The maximum atomic E-state index is 14.8. The van der Waals surface area contributed by atoms with Crippen molar-refractivity contribution in [2.45, 2.75) is 10.4 Å². The Balaban J connectivity index is 0.00000336. The molecule has 194 valence electrons. The quantitative estimate of drug-likeness (QED) is 0.362. The number of hydrogen-bond acceptors (Lipinski definition) is 8. The zero-order valence-corrected chi connectivity index (χ0v) is 21.5. The largest absolute Gasteiger partial charge is 0.379 e. The zero-order valence-electron chi connectivity index (χ0n) is 19.9. The number of aromatic nitrogens is 2. The lowest BCUT2D eigenvalue weighted by atomic mass is 9.81. The number of hydrogen-bond donors (Lipinski definition) is 1. The molecule has 0 fully saturated rings.